The van der Waals surface area contributed by atoms with Crippen molar-refractivity contribution < 1.29 is 9.59 Å². The Hall–Kier alpha value is -2.86. The fourth-order valence-corrected chi connectivity index (χ4v) is 4.33. The van der Waals surface area contributed by atoms with Crippen LogP contribution in [0.3, 0.4) is 0 Å². The number of hydrogen-bond donors (Lipinski definition) is 1. The van der Waals surface area contributed by atoms with Crippen LogP contribution in [0.2, 0.25) is 0 Å². The smallest absolute Gasteiger partial charge is 0.223 e. The van der Waals surface area contributed by atoms with Gasteiger partial charge in [-0.1, -0.05) is 42.1 Å². The van der Waals surface area contributed by atoms with Crippen LogP contribution in [0, 0.1) is 0 Å². The Kier molecular flexibility index (Phi) is 5.05. The van der Waals surface area contributed by atoms with Crippen molar-refractivity contribution in [1.29, 1.82) is 0 Å². The molecule has 0 spiro atoms. The lowest BCUT2D eigenvalue weighted by atomic mass is 10.0. The third-order valence-electron chi connectivity index (χ3n) is 4.93. The van der Waals surface area contributed by atoms with E-state index in [1.807, 2.05) is 55.5 Å². The van der Waals surface area contributed by atoms with Gasteiger partial charge in [0.05, 0.1) is 17.1 Å². The predicted molar refractivity (Wildman–Crippen MR) is 112 cm³/mol. The van der Waals surface area contributed by atoms with E-state index in [1.54, 1.807) is 18.0 Å². The number of aromatic nitrogens is 2. The predicted octanol–water partition coefficient (Wildman–Crippen LogP) is 4.35. The monoisotopic (exact) mass is 391 g/mol. The number of nitrogens with zero attached hydrogens (tertiary/aromatic N) is 2. The molecule has 2 heterocycles. The molecule has 28 heavy (non-hydrogen) atoms. The Balaban J connectivity index is 1.47. The van der Waals surface area contributed by atoms with E-state index >= 15 is 0 Å². The van der Waals surface area contributed by atoms with Crippen molar-refractivity contribution in [2.24, 2.45) is 0 Å². The van der Waals surface area contributed by atoms with E-state index in [0.717, 1.165) is 34.1 Å². The van der Waals surface area contributed by atoms with E-state index in [9.17, 15) is 9.59 Å². The number of H-pyrrole nitrogens is 1. The minimum atomic E-state index is -0.266. The number of Topliss-reactive ketones (excluding diaryl/α,β-unsaturated/α-hetero) is 1. The van der Waals surface area contributed by atoms with Crippen molar-refractivity contribution in [2.75, 3.05) is 11.4 Å². The van der Waals surface area contributed by atoms with Gasteiger partial charge >= 0.3 is 0 Å². The van der Waals surface area contributed by atoms with E-state index in [-0.39, 0.29) is 16.9 Å². The van der Waals surface area contributed by atoms with Crippen LogP contribution >= 0.6 is 11.8 Å². The number of ketones is 1. The van der Waals surface area contributed by atoms with Gasteiger partial charge in [-0.05, 0) is 42.7 Å². The maximum Gasteiger partial charge on any atom is 0.223 e. The molecule has 0 radical (unpaired) electrons. The van der Waals surface area contributed by atoms with Crippen LogP contribution < -0.4 is 4.90 Å². The minimum Gasteiger partial charge on any atom is -0.333 e. The quantitative estimate of drug-likeness (QED) is 0.519. The van der Waals surface area contributed by atoms with Gasteiger partial charge in [0.15, 0.2) is 10.9 Å². The first-order valence-electron chi connectivity index (χ1n) is 9.25. The molecule has 0 fully saturated rings. The summed E-state index contributed by atoms with van der Waals surface area (Å²) in [5.41, 5.74) is 4.66. The van der Waals surface area contributed by atoms with Crippen molar-refractivity contribution in [3.63, 3.8) is 0 Å². The highest BCUT2D eigenvalue weighted by molar-refractivity contribution is 8.00. The summed E-state index contributed by atoms with van der Waals surface area (Å²) in [5.74, 6) is 0.0977. The van der Waals surface area contributed by atoms with Crippen LogP contribution in [-0.2, 0) is 11.2 Å². The number of aromatic amines is 1. The number of rotatable bonds is 5. The number of amides is 1. The molecule has 1 aliphatic rings. The number of anilines is 1. The van der Waals surface area contributed by atoms with Gasteiger partial charge < -0.3 is 9.88 Å². The van der Waals surface area contributed by atoms with Gasteiger partial charge in [-0.25, -0.2) is 4.98 Å². The molecule has 1 atom stereocenters. The molecule has 1 amide bonds. The van der Waals surface area contributed by atoms with Crippen molar-refractivity contribution in [1.82, 2.24) is 9.97 Å². The summed E-state index contributed by atoms with van der Waals surface area (Å²) < 4.78 is 0. The summed E-state index contributed by atoms with van der Waals surface area (Å²) >= 11 is 1.42. The Morgan fingerprint density at radius 1 is 1.18 bits per heavy atom. The molecular formula is C22H21N3O2S. The molecule has 0 saturated heterocycles. The second-order valence-corrected chi connectivity index (χ2v) is 8.19. The Morgan fingerprint density at radius 3 is 2.71 bits per heavy atom. The third-order valence-corrected chi connectivity index (χ3v) is 5.93. The molecule has 0 aliphatic carbocycles. The lowest BCUT2D eigenvalue weighted by Gasteiger charge is -2.15. The highest BCUT2D eigenvalue weighted by atomic mass is 32.2. The normalized spacial score (nSPS) is 14.0. The average molecular weight is 391 g/mol. The van der Waals surface area contributed by atoms with Crippen LogP contribution in [0.15, 0.2) is 59.9 Å². The molecular weight excluding hydrogens is 370 g/mol. The van der Waals surface area contributed by atoms with Gasteiger partial charge in [-0.15, -0.1) is 0 Å². The topological polar surface area (TPSA) is 66.1 Å². The van der Waals surface area contributed by atoms with Gasteiger partial charge in [-0.2, -0.15) is 0 Å². The SMILES string of the molecule is CC(=O)N1CCc2cc(C(=O)[C@H](C)Sc3ncc(-c4ccccc4)[nH]3)ccc21. The number of benzene rings is 2. The molecule has 5 nitrogen and oxygen atoms in total. The lowest BCUT2D eigenvalue weighted by Crippen LogP contribution is -2.25. The second-order valence-electron chi connectivity index (χ2n) is 6.86. The first kappa shape index (κ1) is 18.5. The van der Waals surface area contributed by atoms with E-state index < -0.39 is 0 Å². The third kappa shape index (κ3) is 3.60. The molecule has 1 aromatic heterocycles. The van der Waals surface area contributed by atoms with Crippen LogP contribution in [0.4, 0.5) is 5.69 Å². The molecule has 0 bridgehead atoms. The second kappa shape index (κ2) is 7.64. The first-order valence-corrected chi connectivity index (χ1v) is 10.1. The summed E-state index contributed by atoms with van der Waals surface area (Å²) in [5, 5.41) is 0.460. The van der Waals surface area contributed by atoms with Crippen LogP contribution in [0.5, 0.6) is 0 Å². The first-order chi connectivity index (χ1) is 13.5. The molecule has 4 rings (SSSR count). The Labute approximate surface area is 168 Å². The van der Waals surface area contributed by atoms with E-state index in [4.69, 9.17) is 0 Å². The largest absolute Gasteiger partial charge is 0.333 e. The van der Waals surface area contributed by atoms with E-state index in [1.165, 1.54) is 11.8 Å². The van der Waals surface area contributed by atoms with Gasteiger partial charge in [0, 0.05) is 24.7 Å². The van der Waals surface area contributed by atoms with Gasteiger partial charge in [0.25, 0.3) is 0 Å². The lowest BCUT2D eigenvalue weighted by molar-refractivity contribution is -0.116. The fraction of sp³-hybridized carbons (Fsp3) is 0.227. The van der Waals surface area contributed by atoms with Crippen LogP contribution in [0.25, 0.3) is 11.3 Å². The molecule has 1 N–H and O–H groups in total. The standard InChI is InChI=1S/C22H21N3O2S/c1-14(28-22-23-13-19(24-22)16-6-4-3-5-7-16)21(27)18-8-9-20-17(12-18)10-11-25(20)15(2)26/h3-9,12-14H,10-11H2,1-2H3,(H,23,24)/t14-/m0/s1. The van der Waals surface area contributed by atoms with Gasteiger partial charge in [0.2, 0.25) is 5.91 Å². The molecule has 2 aromatic carbocycles. The van der Waals surface area contributed by atoms with Crippen LogP contribution in [0.1, 0.15) is 29.8 Å². The number of fused-ring (bicyclic) bond motifs is 1. The van der Waals surface area contributed by atoms with Crippen LogP contribution in [-0.4, -0.2) is 33.5 Å². The molecule has 142 valence electrons. The molecule has 0 saturated carbocycles. The molecule has 0 unspecified atom stereocenters. The summed E-state index contributed by atoms with van der Waals surface area (Å²) in [6.07, 6.45) is 2.58. The zero-order valence-corrected chi connectivity index (χ0v) is 16.6. The number of thioether (sulfide) groups is 1. The number of imidazole rings is 1. The zero-order valence-electron chi connectivity index (χ0n) is 15.8. The summed E-state index contributed by atoms with van der Waals surface area (Å²) in [6.45, 7) is 4.15. The van der Waals surface area contributed by atoms with E-state index in [2.05, 4.69) is 9.97 Å². The number of hydrogen-bond acceptors (Lipinski definition) is 4. The highest BCUT2D eigenvalue weighted by Gasteiger charge is 2.25. The minimum absolute atomic E-state index is 0.0359. The Bertz CT molecular complexity index is 1030. The van der Waals surface area contributed by atoms with E-state index in [0.29, 0.717) is 12.1 Å². The Morgan fingerprint density at radius 2 is 1.96 bits per heavy atom. The van der Waals surface area contributed by atoms with Crippen molar-refractivity contribution >= 4 is 29.1 Å². The summed E-state index contributed by atoms with van der Waals surface area (Å²) in [7, 11) is 0. The van der Waals surface area contributed by atoms with Crippen molar-refractivity contribution in [3.05, 3.63) is 65.9 Å². The average Bonchev–Trinajstić information content (AvgIpc) is 3.34. The van der Waals surface area contributed by atoms with Gasteiger partial charge in [-0.3, -0.25) is 9.59 Å². The molecule has 1 aliphatic heterocycles. The maximum absolute atomic E-state index is 12.9. The van der Waals surface area contributed by atoms with Crippen molar-refractivity contribution in [3.8, 4) is 11.3 Å². The summed E-state index contributed by atoms with van der Waals surface area (Å²) in [6, 6.07) is 15.6. The summed E-state index contributed by atoms with van der Waals surface area (Å²) in [4.78, 5) is 34.0. The molecule has 3 aromatic rings. The zero-order chi connectivity index (χ0) is 19.7. The highest BCUT2D eigenvalue weighted by Crippen LogP contribution is 2.31. The maximum atomic E-state index is 12.9. The van der Waals surface area contributed by atoms with Gasteiger partial charge in [0.1, 0.15) is 0 Å². The number of carbonyl (C=O) groups excluding carboxylic acids is 2. The molecule has 6 heteroatoms. The number of nitrogens with one attached hydrogen (secondary N) is 1. The number of carbonyl (C=O) groups is 2. The fourth-order valence-electron chi connectivity index (χ4n) is 3.47. The van der Waals surface area contributed by atoms with Crippen molar-refractivity contribution in [2.45, 2.75) is 30.7 Å².